The largest absolute Gasteiger partial charge is 0.327 e. The van der Waals surface area contributed by atoms with Crippen LogP contribution in [0.1, 0.15) is 34.6 Å². The zero-order valence-electron chi connectivity index (χ0n) is 10.3. The maximum absolute atomic E-state index is 12.4. The normalized spacial score (nSPS) is 14.4. The summed E-state index contributed by atoms with van der Waals surface area (Å²) in [6.45, 7) is 4.84. The molecular formula is C13H17N3O. The molecule has 0 aromatic carbocycles. The monoisotopic (exact) mass is 231 g/mol. The second-order valence-corrected chi connectivity index (χ2v) is 4.64. The van der Waals surface area contributed by atoms with Gasteiger partial charge in [0, 0.05) is 12.2 Å². The van der Waals surface area contributed by atoms with Crippen LogP contribution in [0.4, 0.5) is 0 Å². The first kappa shape index (κ1) is 11.7. The molecule has 1 heterocycles. The Balaban J connectivity index is 2.17. The van der Waals surface area contributed by atoms with E-state index < -0.39 is 0 Å². The van der Waals surface area contributed by atoms with Crippen LogP contribution in [0.3, 0.4) is 0 Å². The van der Waals surface area contributed by atoms with Crippen molar-refractivity contribution in [2.45, 2.75) is 26.7 Å². The van der Waals surface area contributed by atoms with Crippen molar-refractivity contribution in [2.24, 2.45) is 5.92 Å². The average molecular weight is 231 g/mol. The number of aryl methyl sites for hydroxylation is 2. The highest BCUT2D eigenvalue weighted by molar-refractivity contribution is 5.96. The van der Waals surface area contributed by atoms with Crippen molar-refractivity contribution in [3.05, 3.63) is 17.0 Å². The van der Waals surface area contributed by atoms with Gasteiger partial charge in [-0.05, 0) is 32.6 Å². The predicted octanol–water partition coefficient (Wildman–Crippen LogP) is 1.51. The molecule has 1 aliphatic rings. The molecule has 2 rings (SSSR count). The lowest BCUT2D eigenvalue weighted by Gasteiger charge is -2.20. The molecule has 0 atom stereocenters. The van der Waals surface area contributed by atoms with Gasteiger partial charge in [0.15, 0.2) is 0 Å². The minimum Gasteiger partial charge on any atom is -0.327 e. The SMILES string of the molecule is C#CCN(CC1CC1)C(=O)c1c(C)n[nH]c1C. The van der Waals surface area contributed by atoms with Crippen LogP contribution in [-0.2, 0) is 0 Å². The van der Waals surface area contributed by atoms with E-state index in [1.165, 1.54) is 12.8 Å². The van der Waals surface area contributed by atoms with Gasteiger partial charge in [0.05, 0.1) is 17.8 Å². The number of rotatable bonds is 4. The van der Waals surface area contributed by atoms with Crippen molar-refractivity contribution in [2.75, 3.05) is 13.1 Å². The van der Waals surface area contributed by atoms with Gasteiger partial charge in [0.2, 0.25) is 0 Å². The van der Waals surface area contributed by atoms with Crippen molar-refractivity contribution in [3.8, 4) is 12.3 Å². The molecular weight excluding hydrogens is 214 g/mol. The number of aromatic amines is 1. The van der Waals surface area contributed by atoms with Crippen LogP contribution in [0.5, 0.6) is 0 Å². The standard InChI is InChI=1S/C13H17N3O/c1-4-7-16(8-11-5-6-11)13(17)12-9(2)14-15-10(12)3/h1,11H,5-8H2,2-3H3,(H,14,15). The molecule has 0 radical (unpaired) electrons. The van der Waals surface area contributed by atoms with Crippen molar-refractivity contribution in [1.82, 2.24) is 15.1 Å². The van der Waals surface area contributed by atoms with E-state index in [0.717, 1.165) is 17.9 Å². The molecule has 17 heavy (non-hydrogen) atoms. The number of nitrogens with one attached hydrogen (secondary N) is 1. The van der Waals surface area contributed by atoms with Crippen molar-refractivity contribution in [3.63, 3.8) is 0 Å². The summed E-state index contributed by atoms with van der Waals surface area (Å²) in [6, 6.07) is 0. The fourth-order valence-electron chi connectivity index (χ4n) is 1.97. The summed E-state index contributed by atoms with van der Waals surface area (Å²) in [6.07, 6.45) is 7.74. The summed E-state index contributed by atoms with van der Waals surface area (Å²) in [5.41, 5.74) is 2.22. The van der Waals surface area contributed by atoms with Gasteiger partial charge in [0.1, 0.15) is 0 Å². The third-order valence-corrected chi connectivity index (χ3v) is 3.09. The van der Waals surface area contributed by atoms with E-state index in [2.05, 4.69) is 16.1 Å². The Bertz CT molecular complexity index is 446. The smallest absolute Gasteiger partial charge is 0.258 e. The van der Waals surface area contributed by atoms with Gasteiger partial charge in [-0.2, -0.15) is 5.10 Å². The molecule has 1 fully saturated rings. The quantitative estimate of drug-likeness (QED) is 0.798. The number of hydrogen-bond acceptors (Lipinski definition) is 2. The van der Waals surface area contributed by atoms with Crippen LogP contribution in [0.15, 0.2) is 0 Å². The average Bonchev–Trinajstić information content (AvgIpc) is 3.04. The maximum atomic E-state index is 12.4. The van der Waals surface area contributed by atoms with Gasteiger partial charge < -0.3 is 4.90 Å². The molecule has 1 aromatic rings. The lowest BCUT2D eigenvalue weighted by Crippen LogP contribution is -2.33. The summed E-state index contributed by atoms with van der Waals surface area (Å²) in [5.74, 6) is 3.19. The second kappa shape index (κ2) is 4.62. The van der Waals surface area contributed by atoms with Gasteiger partial charge >= 0.3 is 0 Å². The first-order chi connectivity index (χ1) is 8.13. The Kier molecular flexibility index (Phi) is 3.19. The Morgan fingerprint density at radius 1 is 1.59 bits per heavy atom. The molecule has 90 valence electrons. The lowest BCUT2D eigenvalue weighted by molar-refractivity contribution is 0.0768. The minimum absolute atomic E-state index is 0.00130. The number of carbonyl (C=O) groups excluding carboxylic acids is 1. The zero-order chi connectivity index (χ0) is 12.4. The molecule has 1 aromatic heterocycles. The molecule has 1 saturated carbocycles. The fraction of sp³-hybridized carbons (Fsp3) is 0.538. The fourth-order valence-corrected chi connectivity index (χ4v) is 1.97. The highest BCUT2D eigenvalue weighted by Crippen LogP contribution is 2.30. The first-order valence-electron chi connectivity index (χ1n) is 5.87. The van der Waals surface area contributed by atoms with Crippen LogP contribution in [0.2, 0.25) is 0 Å². The maximum Gasteiger partial charge on any atom is 0.258 e. The molecule has 0 saturated heterocycles. The van der Waals surface area contributed by atoms with Crippen molar-refractivity contribution < 1.29 is 4.79 Å². The van der Waals surface area contributed by atoms with Crippen LogP contribution >= 0.6 is 0 Å². The summed E-state index contributed by atoms with van der Waals surface area (Å²) < 4.78 is 0. The van der Waals surface area contributed by atoms with E-state index in [0.29, 0.717) is 18.0 Å². The molecule has 0 bridgehead atoms. The predicted molar refractivity (Wildman–Crippen MR) is 65.5 cm³/mol. The van der Waals surface area contributed by atoms with Gasteiger partial charge in [-0.3, -0.25) is 9.89 Å². The Hall–Kier alpha value is -1.76. The van der Waals surface area contributed by atoms with Crippen molar-refractivity contribution >= 4 is 5.91 Å². The molecule has 4 heteroatoms. The molecule has 1 amide bonds. The van der Waals surface area contributed by atoms with Crippen molar-refractivity contribution in [1.29, 1.82) is 0 Å². The molecule has 0 aliphatic heterocycles. The van der Waals surface area contributed by atoms with Gasteiger partial charge in [-0.1, -0.05) is 5.92 Å². The van der Waals surface area contributed by atoms with E-state index >= 15 is 0 Å². The zero-order valence-corrected chi connectivity index (χ0v) is 10.3. The molecule has 0 spiro atoms. The highest BCUT2D eigenvalue weighted by Gasteiger charge is 2.28. The molecule has 1 aliphatic carbocycles. The number of H-pyrrole nitrogens is 1. The molecule has 1 N–H and O–H groups in total. The third kappa shape index (κ3) is 2.50. The van der Waals surface area contributed by atoms with Crippen LogP contribution in [-0.4, -0.2) is 34.1 Å². The van der Waals surface area contributed by atoms with E-state index in [1.807, 2.05) is 13.8 Å². The lowest BCUT2D eigenvalue weighted by atomic mass is 10.1. The van der Waals surface area contributed by atoms with E-state index in [1.54, 1.807) is 4.90 Å². The Morgan fingerprint density at radius 3 is 2.76 bits per heavy atom. The molecule has 4 nitrogen and oxygen atoms in total. The number of aromatic nitrogens is 2. The number of amides is 1. The topological polar surface area (TPSA) is 49.0 Å². The second-order valence-electron chi connectivity index (χ2n) is 4.64. The minimum atomic E-state index is -0.00130. The Labute approximate surface area is 101 Å². The first-order valence-corrected chi connectivity index (χ1v) is 5.87. The van der Waals surface area contributed by atoms with Gasteiger partial charge in [-0.15, -0.1) is 6.42 Å². The summed E-state index contributed by atoms with van der Waals surface area (Å²) in [5, 5.41) is 6.88. The Morgan fingerprint density at radius 2 is 2.29 bits per heavy atom. The van der Waals surface area contributed by atoms with Gasteiger partial charge in [0.25, 0.3) is 5.91 Å². The summed E-state index contributed by atoms with van der Waals surface area (Å²) in [4.78, 5) is 14.1. The van der Waals surface area contributed by atoms with E-state index in [9.17, 15) is 4.79 Å². The van der Waals surface area contributed by atoms with E-state index in [4.69, 9.17) is 6.42 Å². The molecule has 0 unspecified atom stereocenters. The number of carbonyl (C=O) groups is 1. The van der Waals surface area contributed by atoms with Crippen LogP contribution in [0, 0.1) is 32.1 Å². The number of nitrogens with zero attached hydrogens (tertiary/aromatic N) is 2. The van der Waals surface area contributed by atoms with Crippen LogP contribution < -0.4 is 0 Å². The summed E-state index contributed by atoms with van der Waals surface area (Å²) in [7, 11) is 0. The van der Waals surface area contributed by atoms with E-state index in [-0.39, 0.29) is 5.91 Å². The number of hydrogen-bond donors (Lipinski definition) is 1. The van der Waals surface area contributed by atoms with Gasteiger partial charge in [-0.25, -0.2) is 0 Å². The highest BCUT2D eigenvalue weighted by atomic mass is 16.2. The number of terminal acetylenes is 1. The third-order valence-electron chi connectivity index (χ3n) is 3.09. The summed E-state index contributed by atoms with van der Waals surface area (Å²) >= 11 is 0. The van der Waals surface area contributed by atoms with Crippen LogP contribution in [0.25, 0.3) is 0 Å².